The first-order valence-corrected chi connectivity index (χ1v) is 12.9. The van der Waals surface area contributed by atoms with Crippen molar-refractivity contribution in [2.45, 2.75) is 12.8 Å². The van der Waals surface area contributed by atoms with Crippen LogP contribution in [0, 0.1) is 11.7 Å². The van der Waals surface area contributed by atoms with E-state index in [0.717, 1.165) is 5.56 Å². The number of nitrogens with two attached hydrogens (primary N) is 1. The van der Waals surface area contributed by atoms with Gasteiger partial charge in [-0.05, 0) is 49.2 Å². The molecule has 0 bridgehead atoms. The van der Waals surface area contributed by atoms with E-state index in [0.29, 0.717) is 80.6 Å². The minimum Gasteiger partial charge on any atom is -0.496 e. The van der Waals surface area contributed by atoms with Crippen LogP contribution in [-0.4, -0.2) is 68.1 Å². The van der Waals surface area contributed by atoms with E-state index in [1.54, 1.807) is 24.1 Å². The molecular formula is C29H32FN5O3. The monoisotopic (exact) mass is 517 g/mol. The van der Waals surface area contributed by atoms with Crippen molar-refractivity contribution >= 4 is 23.3 Å². The number of aromatic nitrogens is 1. The summed E-state index contributed by atoms with van der Waals surface area (Å²) < 4.78 is 20.0. The molecule has 2 fully saturated rings. The van der Waals surface area contributed by atoms with Gasteiger partial charge in [-0.25, -0.2) is 9.37 Å². The second kappa shape index (κ2) is 11.1. The molecule has 0 unspecified atom stereocenters. The number of carbonyl (C=O) groups excluding carboxylic acids is 2. The first-order valence-electron chi connectivity index (χ1n) is 12.9. The van der Waals surface area contributed by atoms with Gasteiger partial charge in [0.05, 0.1) is 24.1 Å². The predicted molar refractivity (Wildman–Crippen MR) is 145 cm³/mol. The molecule has 0 aliphatic carbocycles. The van der Waals surface area contributed by atoms with Crippen LogP contribution in [0.4, 0.5) is 15.9 Å². The Balaban J connectivity index is 1.44. The zero-order valence-corrected chi connectivity index (χ0v) is 21.5. The van der Waals surface area contributed by atoms with Crippen LogP contribution in [-0.2, 0) is 4.79 Å². The van der Waals surface area contributed by atoms with Crippen LogP contribution in [0.2, 0.25) is 0 Å². The lowest BCUT2D eigenvalue weighted by Crippen LogP contribution is -2.48. The lowest BCUT2D eigenvalue weighted by atomic mass is 9.96. The van der Waals surface area contributed by atoms with Crippen molar-refractivity contribution < 1.29 is 18.7 Å². The van der Waals surface area contributed by atoms with Crippen molar-refractivity contribution in [1.82, 2.24) is 9.88 Å². The number of nitrogens with zero attached hydrogens (tertiary/aromatic N) is 4. The summed E-state index contributed by atoms with van der Waals surface area (Å²) >= 11 is 0. The molecule has 38 heavy (non-hydrogen) atoms. The molecule has 3 aromatic rings. The number of anilines is 2. The number of benzene rings is 2. The standard InChI is InChI=1S/C29H32FN5O3/c1-38-26-9-5-2-6-21(26)24-11-10-22(29(37)35-14-12-20(13-15-35)27(31)36)28(32-24)34-18-16-33(17-19-34)25-8-4-3-7-23(25)30/h2-11,20H,12-19H2,1H3,(H2,31,36). The Bertz CT molecular complexity index is 1320. The maximum Gasteiger partial charge on any atom is 0.257 e. The average molecular weight is 518 g/mol. The predicted octanol–water partition coefficient (Wildman–Crippen LogP) is 3.56. The van der Waals surface area contributed by atoms with Gasteiger partial charge in [-0.2, -0.15) is 0 Å². The summed E-state index contributed by atoms with van der Waals surface area (Å²) in [6.45, 7) is 3.31. The molecular weight excluding hydrogens is 485 g/mol. The molecule has 9 heteroatoms. The van der Waals surface area contributed by atoms with E-state index in [1.165, 1.54) is 6.07 Å². The number of hydrogen-bond donors (Lipinski definition) is 1. The molecule has 0 saturated carbocycles. The van der Waals surface area contributed by atoms with Gasteiger partial charge in [0, 0.05) is 50.7 Å². The molecule has 2 saturated heterocycles. The van der Waals surface area contributed by atoms with Crippen molar-refractivity contribution in [2.24, 2.45) is 11.7 Å². The number of amides is 2. The van der Waals surface area contributed by atoms with Crippen LogP contribution in [0.15, 0.2) is 60.7 Å². The number of ether oxygens (including phenoxy) is 1. The maximum absolute atomic E-state index is 14.4. The fraction of sp³-hybridized carbons (Fsp3) is 0.345. The van der Waals surface area contributed by atoms with Crippen molar-refractivity contribution in [3.8, 4) is 17.0 Å². The first kappa shape index (κ1) is 25.5. The summed E-state index contributed by atoms with van der Waals surface area (Å²) in [6.07, 6.45) is 1.12. The average Bonchev–Trinajstić information content (AvgIpc) is 2.97. The van der Waals surface area contributed by atoms with E-state index >= 15 is 0 Å². The Hall–Kier alpha value is -4.14. The second-order valence-corrected chi connectivity index (χ2v) is 9.66. The van der Waals surface area contributed by atoms with Crippen molar-refractivity contribution in [3.63, 3.8) is 0 Å². The molecule has 0 radical (unpaired) electrons. The van der Waals surface area contributed by atoms with Gasteiger partial charge < -0.3 is 25.2 Å². The fourth-order valence-corrected chi connectivity index (χ4v) is 5.27. The molecule has 2 aliphatic rings. The highest BCUT2D eigenvalue weighted by Gasteiger charge is 2.30. The number of hydrogen-bond acceptors (Lipinski definition) is 6. The normalized spacial score (nSPS) is 16.4. The molecule has 198 valence electrons. The summed E-state index contributed by atoms with van der Waals surface area (Å²) in [5.41, 5.74) is 8.12. The summed E-state index contributed by atoms with van der Waals surface area (Å²) in [4.78, 5) is 36.2. The molecule has 0 spiro atoms. The van der Waals surface area contributed by atoms with E-state index in [9.17, 15) is 14.0 Å². The van der Waals surface area contributed by atoms with Crippen LogP contribution in [0.25, 0.3) is 11.3 Å². The van der Waals surface area contributed by atoms with E-state index in [-0.39, 0.29) is 23.5 Å². The van der Waals surface area contributed by atoms with Crippen LogP contribution in [0.1, 0.15) is 23.2 Å². The lowest BCUT2D eigenvalue weighted by Gasteiger charge is -2.38. The van der Waals surface area contributed by atoms with E-state index in [4.69, 9.17) is 15.5 Å². The minimum atomic E-state index is -0.312. The van der Waals surface area contributed by atoms with Crippen LogP contribution in [0.3, 0.4) is 0 Å². The number of pyridine rings is 1. The number of likely N-dealkylation sites (tertiary alicyclic amines) is 1. The van der Waals surface area contributed by atoms with Gasteiger partial charge in [0.1, 0.15) is 17.4 Å². The SMILES string of the molecule is COc1ccccc1-c1ccc(C(=O)N2CCC(C(N)=O)CC2)c(N2CCN(c3ccccc3F)CC2)n1. The zero-order chi connectivity index (χ0) is 26.6. The molecule has 1 aromatic heterocycles. The number of piperidine rings is 1. The fourth-order valence-electron chi connectivity index (χ4n) is 5.27. The highest BCUT2D eigenvalue weighted by atomic mass is 19.1. The van der Waals surface area contributed by atoms with Crippen molar-refractivity contribution in [3.05, 3.63) is 72.0 Å². The van der Waals surface area contributed by atoms with Gasteiger partial charge in [0.25, 0.3) is 5.91 Å². The van der Waals surface area contributed by atoms with Gasteiger partial charge >= 0.3 is 0 Å². The van der Waals surface area contributed by atoms with Crippen LogP contribution < -0.4 is 20.3 Å². The smallest absolute Gasteiger partial charge is 0.257 e. The number of halogens is 1. The number of para-hydroxylation sites is 2. The summed E-state index contributed by atoms with van der Waals surface area (Å²) in [5, 5.41) is 0. The summed E-state index contributed by atoms with van der Waals surface area (Å²) in [6, 6.07) is 18.1. The topological polar surface area (TPSA) is 92.0 Å². The van der Waals surface area contributed by atoms with Gasteiger partial charge in [-0.3, -0.25) is 9.59 Å². The van der Waals surface area contributed by atoms with E-state index in [2.05, 4.69) is 4.90 Å². The maximum atomic E-state index is 14.4. The Labute approximate surface area is 221 Å². The number of methoxy groups -OCH3 is 1. The molecule has 3 heterocycles. The Morgan fingerprint density at radius 1 is 0.895 bits per heavy atom. The molecule has 2 N–H and O–H groups in total. The largest absolute Gasteiger partial charge is 0.496 e. The first-order chi connectivity index (χ1) is 18.5. The lowest BCUT2D eigenvalue weighted by molar-refractivity contribution is -0.123. The van der Waals surface area contributed by atoms with Crippen LogP contribution in [0.5, 0.6) is 5.75 Å². The van der Waals surface area contributed by atoms with Gasteiger partial charge in [0.15, 0.2) is 0 Å². The number of primary amides is 1. The Kier molecular flexibility index (Phi) is 7.44. The molecule has 5 rings (SSSR count). The van der Waals surface area contributed by atoms with E-state index < -0.39 is 0 Å². The van der Waals surface area contributed by atoms with Gasteiger partial charge in [0.2, 0.25) is 5.91 Å². The molecule has 2 amide bonds. The Morgan fingerprint density at radius 3 is 2.24 bits per heavy atom. The summed E-state index contributed by atoms with van der Waals surface area (Å²) in [5.74, 6) is 0.432. The van der Waals surface area contributed by atoms with Crippen LogP contribution >= 0.6 is 0 Å². The third kappa shape index (κ3) is 5.14. The molecule has 8 nitrogen and oxygen atoms in total. The zero-order valence-electron chi connectivity index (χ0n) is 21.5. The highest BCUT2D eigenvalue weighted by Crippen LogP contribution is 2.33. The minimum absolute atomic E-state index is 0.112. The van der Waals surface area contributed by atoms with Crippen molar-refractivity contribution in [2.75, 3.05) is 56.2 Å². The third-order valence-corrected chi connectivity index (χ3v) is 7.45. The molecule has 0 atom stereocenters. The van der Waals surface area contributed by atoms with E-state index in [1.807, 2.05) is 47.4 Å². The molecule has 2 aliphatic heterocycles. The number of piperazine rings is 1. The highest BCUT2D eigenvalue weighted by molar-refractivity contribution is 5.99. The Morgan fingerprint density at radius 2 is 1.55 bits per heavy atom. The molecule has 2 aromatic carbocycles. The second-order valence-electron chi connectivity index (χ2n) is 9.66. The quantitative estimate of drug-likeness (QED) is 0.538. The third-order valence-electron chi connectivity index (χ3n) is 7.45. The van der Waals surface area contributed by atoms with Gasteiger partial charge in [-0.15, -0.1) is 0 Å². The summed E-state index contributed by atoms with van der Waals surface area (Å²) in [7, 11) is 1.62. The van der Waals surface area contributed by atoms with Gasteiger partial charge in [-0.1, -0.05) is 24.3 Å². The number of rotatable bonds is 6. The number of carbonyl (C=O) groups is 2. The van der Waals surface area contributed by atoms with Crippen molar-refractivity contribution in [1.29, 1.82) is 0 Å².